The maximum absolute atomic E-state index is 13.1. The van der Waals surface area contributed by atoms with Crippen LogP contribution in [0.1, 0.15) is 47.2 Å². The van der Waals surface area contributed by atoms with Crippen LogP contribution in [0.2, 0.25) is 0 Å². The van der Waals surface area contributed by atoms with Crippen LogP contribution in [0, 0.1) is 0 Å². The molecule has 1 fully saturated rings. The highest BCUT2D eigenvalue weighted by Gasteiger charge is 2.38. The number of rotatable bonds is 4. The maximum atomic E-state index is 13.1. The Hall–Kier alpha value is -2.36. The van der Waals surface area contributed by atoms with Gasteiger partial charge in [0.05, 0.1) is 23.9 Å². The summed E-state index contributed by atoms with van der Waals surface area (Å²) < 4.78 is 79.0. The minimum atomic E-state index is -4.93. The van der Waals surface area contributed by atoms with Gasteiger partial charge in [-0.3, -0.25) is 4.79 Å². The molecule has 1 aliphatic rings. The summed E-state index contributed by atoms with van der Waals surface area (Å²) in [6, 6.07) is 4.81. The molecule has 0 aliphatic heterocycles. The van der Waals surface area contributed by atoms with Crippen LogP contribution in [-0.2, 0) is 18.9 Å². The largest absolute Gasteiger partial charge is 0.421 e. The lowest BCUT2D eigenvalue weighted by atomic mass is 10.0. The molecule has 0 radical (unpaired) electrons. The molecule has 4 nitrogen and oxygen atoms in total. The molecule has 1 heterocycles. The number of alkyl halides is 6. The Morgan fingerprint density at radius 1 is 1.07 bits per heavy atom. The van der Waals surface area contributed by atoms with Crippen molar-refractivity contribution < 1.29 is 31.4 Å². The Labute approximate surface area is 149 Å². The normalized spacial score (nSPS) is 16.4. The summed E-state index contributed by atoms with van der Waals surface area (Å²) >= 11 is 0. The second-order valence-corrected chi connectivity index (χ2v) is 6.34. The first-order valence-corrected chi connectivity index (χ1v) is 8.02. The molecule has 10 heteroatoms. The Kier molecular flexibility index (Phi) is 4.79. The van der Waals surface area contributed by atoms with E-state index in [0.29, 0.717) is 23.6 Å². The summed E-state index contributed by atoms with van der Waals surface area (Å²) in [5, 5.41) is 14.0. The van der Waals surface area contributed by atoms with Crippen LogP contribution in [0.4, 0.5) is 26.3 Å². The summed E-state index contributed by atoms with van der Waals surface area (Å²) in [5.41, 5.74) is -4.58. The van der Waals surface area contributed by atoms with Gasteiger partial charge in [0, 0.05) is 5.92 Å². The molecule has 0 spiro atoms. The predicted molar refractivity (Wildman–Crippen MR) is 81.9 cm³/mol. The molecule has 1 unspecified atom stereocenters. The molecule has 0 saturated heterocycles. The van der Waals surface area contributed by atoms with Gasteiger partial charge in [-0.15, -0.1) is 0 Å². The minimum absolute atomic E-state index is 0.0400. The Bertz CT molecular complexity index is 900. The lowest BCUT2D eigenvalue weighted by Gasteiger charge is -2.19. The topological polar surface area (TPSA) is 55.1 Å². The fraction of sp³-hybridized carbons (Fsp3) is 0.412. The highest BCUT2D eigenvalue weighted by molar-refractivity contribution is 5.31. The van der Waals surface area contributed by atoms with Gasteiger partial charge in [0.25, 0.3) is 5.56 Å². The average Bonchev–Trinajstić information content (AvgIpc) is 3.39. The van der Waals surface area contributed by atoms with Gasteiger partial charge in [-0.25, -0.2) is 4.68 Å². The van der Waals surface area contributed by atoms with E-state index in [0.717, 1.165) is 18.2 Å². The summed E-state index contributed by atoms with van der Waals surface area (Å²) in [6.07, 6.45) is -10.3. The van der Waals surface area contributed by atoms with Gasteiger partial charge in [0.1, 0.15) is 5.56 Å². The van der Waals surface area contributed by atoms with Gasteiger partial charge < -0.3 is 5.11 Å². The molecule has 1 aromatic heterocycles. The first-order valence-electron chi connectivity index (χ1n) is 8.02. The smallest absolute Gasteiger partial charge is 0.386 e. The molecular weight excluding hydrogens is 378 g/mol. The summed E-state index contributed by atoms with van der Waals surface area (Å²) in [7, 11) is 0. The van der Waals surface area contributed by atoms with E-state index in [9.17, 15) is 36.2 Å². The SMILES string of the molecule is O=c1c(C(F)(F)F)cc(C2CC2)nn1CC(O)c1ccccc1C(F)(F)F. The molecule has 3 rings (SSSR count). The van der Waals surface area contributed by atoms with Crippen LogP contribution in [0.15, 0.2) is 35.1 Å². The van der Waals surface area contributed by atoms with E-state index < -0.39 is 47.3 Å². The molecule has 2 aromatic rings. The third-order valence-electron chi connectivity index (χ3n) is 4.27. The number of hydrogen-bond donors (Lipinski definition) is 1. The van der Waals surface area contributed by atoms with Crippen molar-refractivity contribution in [2.45, 2.75) is 43.8 Å². The second kappa shape index (κ2) is 6.66. The first kappa shape index (κ1) is 19.4. The predicted octanol–water partition coefficient (Wildman–Crippen LogP) is 3.89. The Morgan fingerprint density at radius 2 is 1.67 bits per heavy atom. The fourth-order valence-corrected chi connectivity index (χ4v) is 2.78. The van der Waals surface area contributed by atoms with Crippen LogP contribution >= 0.6 is 0 Å². The number of aliphatic hydroxyl groups excluding tert-OH is 1. The fourth-order valence-electron chi connectivity index (χ4n) is 2.78. The molecule has 1 N–H and O–H groups in total. The van der Waals surface area contributed by atoms with Gasteiger partial charge in [0.15, 0.2) is 0 Å². The Morgan fingerprint density at radius 3 is 2.22 bits per heavy atom. The van der Waals surface area contributed by atoms with Crippen LogP contribution in [0.3, 0.4) is 0 Å². The van der Waals surface area contributed by atoms with Gasteiger partial charge in [-0.05, 0) is 30.5 Å². The summed E-state index contributed by atoms with van der Waals surface area (Å²) in [5.74, 6) is -0.224. The maximum Gasteiger partial charge on any atom is 0.421 e. The number of benzene rings is 1. The van der Waals surface area contributed by atoms with E-state index in [-0.39, 0.29) is 11.6 Å². The highest BCUT2D eigenvalue weighted by atomic mass is 19.4. The van der Waals surface area contributed by atoms with Crippen molar-refractivity contribution in [1.29, 1.82) is 0 Å². The van der Waals surface area contributed by atoms with Crippen LogP contribution in [0.25, 0.3) is 0 Å². The van der Waals surface area contributed by atoms with Crippen LogP contribution in [0.5, 0.6) is 0 Å². The molecule has 1 saturated carbocycles. The van der Waals surface area contributed by atoms with Gasteiger partial charge in [0.2, 0.25) is 0 Å². The van der Waals surface area contributed by atoms with E-state index in [1.807, 2.05) is 0 Å². The third kappa shape index (κ3) is 4.15. The zero-order chi connectivity index (χ0) is 20.0. The van der Waals surface area contributed by atoms with E-state index in [2.05, 4.69) is 5.10 Å². The quantitative estimate of drug-likeness (QED) is 0.804. The number of hydrogen-bond acceptors (Lipinski definition) is 3. The average molecular weight is 392 g/mol. The van der Waals surface area contributed by atoms with Crippen molar-refractivity contribution >= 4 is 0 Å². The van der Waals surface area contributed by atoms with Crippen molar-refractivity contribution in [3.63, 3.8) is 0 Å². The Balaban J connectivity index is 2.01. The molecule has 0 bridgehead atoms. The molecule has 1 aliphatic carbocycles. The number of aromatic nitrogens is 2. The number of halogens is 6. The van der Waals surface area contributed by atoms with Crippen molar-refractivity contribution in [2.75, 3.05) is 0 Å². The third-order valence-corrected chi connectivity index (χ3v) is 4.27. The van der Waals surface area contributed by atoms with Crippen molar-refractivity contribution in [3.05, 3.63) is 63.1 Å². The first-order chi connectivity index (χ1) is 12.5. The lowest BCUT2D eigenvalue weighted by Crippen LogP contribution is -2.33. The highest BCUT2D eigenvalue weighted by Crippen LogP contribution is 2.40. The number of aliphatic hydroxyl groups is 1. The molecule has 1 aromatic carbocycles. The van der Waals surface area contributed by atoms with Crippen molar-refractivity contribution in [3.8, 4) is 0 Å². The monoisotopic (exact) mass is 392 g/mol. The minimum Gasteiger partial charge on any atom is -0.386 e. The zero-order valence-electron chi connectivity index (χ0n) is 13.7. The molecule has 27 heavy (non-hydrogen) atoms. The van der Waals surface area contributed by atoms with E-state index in [1.54, 1.807) is 0 Å². The molecule has 0 amide bonds. The van der Waals surface area contributed by atoms with Gasteiger partial charge in [-0.2, -0.15) is 31.4 Å². The molecular formula is C17H14F6N2O2. The molecule has 146 valence electrons. The van der Waals surface area contributed by atoms with Crippen LogP contribution in [-0.4, -0.2) is 14.9 Å². The van der Waals surface area contributed by atoms with Crippen molar-refractivity contribution in [2.24, 2.45) is 0 Å². The van der Waals surface area contributed by atoms with E-state index >= 15 is 0 Å². The number of nitrogens with zero attached hydrogens (tertiary/aromatic N) is 2. The van der Waals surface area contributed by atoms with E-state index in [1.165, 1.54) is 6.07 Å². The van der Waals surface area contributed by atoms with Gasteiger partial charge in [-0.1, -0.05) is 18.2 Å². The van der Waals surface area contributed by atoms with Crippen LogP contribution < -0.4 is 5.56 Å². The standard InChI is InChI=1S/C17H14F6N2O2/c18-16(19,20)11-4-2-1-3-10(11)14(26)8-25-15(27)12(17(21,22)23)7-13(24-25)9-5-6-9/h1-4,7,9,14,26H,5-6,8H2. The van der Waals surface area contributed by atoms with Gasteiger partial charge >= 0.3 is 12.4 Å². The summed E-state index contributed by atoms with van der Waals surface area (Å²) in [4.78, 5) is 12.1. The van der Waals surface area contributed by atoms with E-state index in [4.69, 9.17) is 0 Å². The molecule has 1 atom stereocenters. The second-order valence-electron chi connectivity index (χ2n) is 6.34. The zero-order valence-corrected chi connectivity index (χ0v) is 13.7. The van der Waals surface area contributed by atoms with Crippen molar-refractivity contribution in [1.82, 2.24) is 9.78 Å². The lowest BCUT2D eigenvalue weighted by molar-refractivity contribution is -0.139. The summed E-state index contributed by atoms with van der Waals surface area (Å²) in [6.45, 7) is -0.824.